The van der Waals surface area contributed by atoms with Crippen molar-refractivity contribution in [1.29, 1.82) is 0 Å². The van der Waals surface area contributed by atoms with Crippen LogP contribution in [-0.4, -0.2) is 43.8 Å². The van der Waals surface area contributed by atoms with E-state index in [1.165, 1.54) is 15.6 Å². The summed E-state index contributed by atoms with van der Waals surface area (Å²) in [6, 6.07) is 12.7. The van der Waals surface area contributed by atoms with Gasteiger partial charge in [-0.15, -0.1) is 11.3 Å². The topological polar surface area (TPSA) is 88.6 Å². The van der Waals surface area contributed by atoms with E-state index >= 15 is 0 Å². The van der Waals surface area contributed by atoms with Gasteiger partial charge in [-0.3, -0.25) is 4.79 Å². The average Bonchev–Trinajstić information content (AvgIpc) is 3.51. The smallest absolute Gasteiger partial charge is 0.243 e. The van der Waals surface area contributed by atoms with E-state index in [0.29, 0.717) is 29.5 Å². The Morgan fingerprint density at radius 1 is 1.15 bits per heavy atom. The van der Waals surface area contributed by atoms with Crippen LogP contribution in [-0.2, 0) is 21.2 Å². The Hall–Kier alpha value is -2.75. The maximum Gasteiger partial charge on any atom is 0.243 e. The van der Waals surface area contributed by atoms with E-state index in [1.54, 1.807) is 31.4 Å². The monoisotopic (exact) mass is 485 g/mol. The fourth-order valence-electron chi connectivity index (χ4n) is 3.82. The lowest BCUT2D eigenvalue weighted by Crippen LogP contribution is -2.27. The van der Waals surface area contributed by atoms with Gasteiger partial charge in [-0.25, -0.2) is 13.4 Å². The van der Waals surface area contributed by atoms with Gasteiger partial charge < -0.3 is 10.1 Å². The van der Waals surface area contributed by atoms with E-state index in [2.05, 4.69) is 10.3 Å². The molecule has 1 saturated heterocycles. The second-order valence-electron chi connectivity index (χ2n) is 8.04. The molecule has 0 radical (unpaired) electrons. The van der Waals surface area contributed by atoms with Crippen molar-refractivity contribution >= 4 is 32.4 Å². The third kappa shape index (κ3) is 5.43. The standard InChI is InChI=1S/C24H27N3O4S2/c1-17-5-11-22(31-2)20(15-17)21-16-32-24(25-21)26-23(28)12-8-18-6-9-19(10-7-18)33(29,30)27-13-3-4-14-27/h5-7,9-11,15-16H,3-4,8,12-14H2,1-2H3,(H,25,26,28). The Morgan fingerprint density at radius 2 is 1.88 bits per heavy atom. The van der Waals surface area contributed by atoms with Crippen LogP contribution in [0.4, 0.5) is 5.13 Å². The number of aryl methyl sites for hydroxylation is 2. The Kier molecular flexibility index (Phi) is 7.11. The summed E-state index contributed by atoms with van der Waals surface area (Å²) in [6.45, 7) is 3.17. The molecule has 1 fully saturated rings. The molecular weight excluding hydrogens is 458 g/mol. The van der Waals surface area contributed by atoms with Gasteiger partial charge in [0.05, 0.1) is 17.7 Å². The zero-order chi connectivity index (χ0) is 23.4. The highest BCUT2D eigenvalue weighted by Gasteiger charge is 2.26. The molecule has 7 nitrogen and oxygen atoms in total. The number of thiazole rings is 1. The minimum Gasteiger partial charge on any atom is -0.496 e. The van der Waals surface area contributed by atoms with Crippen LogP contribution in [0.1, 0.15) is 30.4 Å². The summed E-state index contributed by atoms with van der Waals surface area (Å²) in [5, 5.41) is 5.28. The number of rotatable bonds is 8. The molecule has 1 aliphatic heterocycles. The second-order valence-corrected chi connectivity index (χ2v) is 10.8. The lowest BCUT2D eigenvalue weighted by Gasteiger charge is -2.15. The van der Waals surface area contributed by atoms with Crippen molar-refractivity contribution < 1.29 is 17.9 Å². The zero-order valence-corrected chi connectivity index (χ0v) is 20.3. The van der Waals surface area contributed by atoms with Crippen molar-refractivity contribution in [1.82, 2.24) is 9.29 Å². The van der Waals surface area contributed by atoms with Crippen LogP contribution in [0, 0.1) is 6.92 Å². The molecule has 1 N–H and O–H groups in total. The highest BCUT2D eigenvalue weighted by molar-refractivity contribution is 7.89. The van der Waals surface area contributed by atoms with Gasteiger partial charge in [0.1, 0.15) is 5.75 Å². The summed E-state index contributed by atoms with van der Waals surface area (Å²) in [7, 11) is -1.80. The minimum atomic E-state index is -3.42. The number of sulfonamides is 1. The van der Waals surface area contributed by atoms with E-state index in [1.807, 2.05) is 30.5 Å². The van der Waals surface area contributed by atoms with Crippen molar-refractivity contribution in [3.05, 3.63) is 59.0 Å². The van der Waals surface area contributed by atoms with Crippen LogP contribution in [0.15, 0.2) is 52.7 Å². The third-order valence-corrected chi connectivity index (χ3v) is 8.32. The maximum absolute atomic E-state index is 12.6. The molecule has 3 aromatic rings. The van der Waals surface area contributed by atoms with Crippen LogP contribution in [0.2, 0.25) is 0 Å². The van der Waals surface area contributed by atoms with Gasteiger partial charge in [0, 0.05) is 30.5 Å². The summed E-state index contributed by atoms with van der Waals surface area (Å²) < 4.78 is 32.2. The number of aromatic nitrogens is 1. The molecule has 2 aromatic carbocycles. The predicted molar refractivity (Wildman–Crippen MR) is 130 cm³/mol. The number of amides is 1. The fourth-order valence-corrected chi connectivity index (χ4v) is 6.07. The first-order chi connectivity index (χ1) is 15.9. The summed E-state index contributed by atoms with van der Waals surface area (Å²) in [4.78, 5) is 17.3. The molecule has 0 aliphatic carbocycles. The molecule has 2 heterocycles. The molecule has 1 amide bonds. The predicted octanol–water partition coefficient (Wildman–Crippen LogP) is 4.48. The molecule has 4 rings (SSSR count). The SMILES string of the molecule is COc1ccc(C)cc1-c1csc(NC(=O)CCc2ccc(S(=O)(=O)N3CCCC3)cc2)n1. The molecule has 174 valence electrons. The molecule has 33 heavy (non-hydrogen) atoms. The van der Waals surface area contributed by atoms with Crippen molar-refractivity contribution in [2.75, 3.05) is 25.5 Å². The summed E-state index contributed by atoms with van der Waals surface area (Å²) >= 11 is 1.37. The number of carbonyl (C=O) groups is 1. The van der Waals surface area contributed by atoms with E-state index in [9.17, 15) is 13.2 Å². The number of anilines is 1. The van der Waals surface area contributed by atoms with Crippen LogP contribution in [0.25, 0.3) is 11.3 Å². The number of hydrogen-bond donors (Lipinski definition) is 1. The van der Waals surface area contributed by atoms with E-state index in [-0.39, 0.29) is 12.3 Å². The van der Waals surface area contributed by atoms with Crippen LogP contribution in [0.5, 0.6) is 5.75 Å². The summed E-state index contributed by atoms with van der Waals surface area (Å²) in [5.74, 6) is 0.597. The maximum atomic E-state index is 12.6. The normalized spacial score (nSPS) is 14.4. The molecule has 1 aromatic heterocycles. The van der Waals surface area contributed by atoms with Gasteiger partial charge in [0.2, 0.25) is 15.9 Å². The number of nitrogens with zero attached hydrogens (tertiary/aromatic N) is 2. The Morgan fingerprint density at radius 3 is 2.58 bits per heavy atom. The van der Waals surface area contributed by atoms with Crippen LogP contribution < -0.4 is 10.1 Å². The Labute approximate surface area is 198 Å². The summed E-state index contributed by atoms with van der Waals surface area (Å²) in [6.07, 6.45) is 2.61. The molecule has 0 unspecified atom stereocenters. The zero-order valence-electron chi connectivity index (χ0n) is 18.7. The Balaban J connectivity index is 1.34. The van der Waals surface area contributed by atoms with Crippen LogP contribution >= 0.6 is 11.3 Å². The Bertz CT molecular complexity index is 1230. The first kappa shape index (κ1) is 23.4. The van der Waals surface area contributed by atoms with Crippen molar-refractivity contribution in [3.8, 4) is 17.0 Å². The van der Waals surface area contributed by atoms with Gasteiger partial charge >= 0.3 is 0 Å². The molecule has 0 atom stereocenters. The number of benzene rings is 2. The highest BCUT2D eigenvalue weighted by atomic mass is 32.2. The van der Waals surface area contributed by atoms with Gasteiger partial charge in [0.15, 0.2) is 5.13 Å². The molecular formula is C24H27N3O4S2. The molecule has 9 heteroatoms. The number of methoxy groups -OCH3 is 1. The number of ether oxygens (including phenoxy) is 1. The van der Waals surface area contributed by atoms with Crippen molar-refractivity contribution in [3.63, 3.8) is 0 Å². The highest BCUT2D eigenvalue weighted by Crippen LogP contribution is 2.33. The average molecular weight is 486 g/mol. The minimum absolute atomic E-state index is 0.138. The summed E-state index contributed by atoms with van der Waals surface area (Å²) in [5.41, 5.74) is 3.65. The molecule has 0 spiro atoms. The molecule has 0 saturated carbocycles. The molecule has 1 aliphatic rings. The van der Waals surface area contributed by atoms with Crippen molar-refractivity contribution in [2.45, 2.75) is 37.5 Å². The van der Waals surface area contributed by atoms with Gasteiger partial charge in [0.25, 0.3) is 0 Å². The third-order valence-electron chi connectivity index (χ3n) is 5.65. The first-order valence-corrected chi connectivity index (χ1v) is 13.2. The van der Waals surface area contributed by atoms with Gasteiger partial charge in [-0.2, -0.15) is 4.31 Å². The van der Waals surface area contributed by atoms with Gasteiger partial charge in [-0.05, 0) is 56.0 Å². The van der Waals surface area contributed by atoms with Crippen LogP contribution in [0.3, 0.4) is 0 Å². The number of hydrogen-bond acceptors (Lipinski definition) is 6. The van der Waals surface area contributed by atoms with Gasteiger partial charge in [-0.1, -0.05) is 23.8 Å². The lowest BCUT2D eigenvalue weighted by molar-refractivity contribution is -0.116. The second kappa shape index (κ2) is 10.0. The fraction of sp³-hybridized carbons (Fsp3) is 0.333. The largest absolute Gasteiger partial charge is 0.496 e. The van der Waals surface area contributed by atoms with E-state index in [0.717, 1.165) is 41.0 Å². The quantitative estimate of drug-likeness (QED) is 0.508. The lowest BCUT2D eigenvalue weighted by atomic mass is 10.1. The van der Waals surface area contributed by atoms with Crippen molar-refractivity contribution in [2.24, 2.45) is 0 Å². The number of nitrogens with one attached hydrogen (secondary N) is 1. The van der Waals surface area contributed by atoms with E-state index in [4.69, 9.17) is 4.74 Å². The molecule has 0 bridgehead atoms. The number of carbonyl (C=O) groups excluding carboxylic acids is 1. The first-order valence-electron chi connectivity index (χ1n) is 10.9. The van der Waals surface area contributed by atoms with E-state index < -0.39 is 10.0 Å².